The third-order valence-electron chi connectivity index (χ3n) is 4.87. The molecule has 0 N–H and O–H groups in total. The van der Waals surface area contributed by atoms with Crippen molar-refractivity contribution in [2.24, 2.45) is 0 Å². The predicted octanol–water partition coefficient (Wildman–Crippen LogP) is 3.70. The molecule has 0 aliphatic carbocycles. The molecule has 1 aromatic heterocycles. The van der Waals surface area contributed by atoms with Gasteiger partial charge in [-0.2, -0.15) is 0 Å². The van der Waals surface area contributed by atoms with Gasteiger partial charge in [-0.05, 0) is 36.4 Å². The lowest BCUT2D eigenvalue weighted by Gasteiger charge is -2.27. The summed E-state index contributed by atoms with van der Waals surface area (Å²) in [7, 11) is 3.04. The molecule has 0 radical (unpaired) electrons. The van der Waals surface area contributed by atoms with Crippen molar-refractivity contribution in [2.45, 2.75) is 13.0 Å². The number of amides is 1. The molecule has 4 rings (SSSR count). The molecule has 0 spiro atoms. The molecular formula is C21H19FN2O4. The Balaban J connectivity index is 1.67. The minimum absolute atomic E-state index is 0.189. The Labute approximate surface area is 161 Å². The molecule has 3 aromatic rings. The van der Waals surface area contributed by atoms with Gasteiger partial charge in [-0.3, -0.25) is 4.79 Å². The number of rotatable bonds is 4. The van der Waals surface area contributed by atoms with Crippen molar-refractivity contribution in [3.8, 4) is 22.8 Å². The third-order valence-corrected chi connectivity index (χ3v) is 4.87. The number of nitrogens with zero attached hydrogens (tertiary/aromatic N) is 2. The van der Waals surface area contributed by atoms with Gasteiger partial charge in [0.25, 0.3) is 5.91 Å². The average molecular weight is 382 g/mol. The minimum Gasteiger partial charge on any atom is -0.496 e. The van der Waals surface area contributed by atoms with E-state index in [4.69, 9.17) is 14.0 Å². The average Bonchev–Trinajstić information content (AvgIpc) is 3.16. The van der Waals surface area contributed by atoms with E-state index in [2.05, 4.69) is 5.16 Å². The number of benzene rings is 2. The predicted molar refractivity (Wildman–Crippen MR) is 99.9 cm³/mol. The molecule has 1 aliphatic rings. The van der Waals surface area contributed by atoms with Crippen LogP contribution in [-0.4, -0.2) is 36.7 Å². The van der Waals surface area contributed by atoms with Crippen molar-refractivity contribution in [1.29, 1.82) is 0 Å². The fourth-order valence-corrected chi connectivity index (χ4v) is 3.43. The molecule has 6 nitrogen and oxygen atoms in total. The number of halogens is 1. The molecule has 28 heavy (non-hydrogen) atoms. The molecule has 2 aromatic carbocycles. The third kappa shape index (κ3) is 3.09. The summed E-state index contributed by atoms with van der Waals surface area (Å²) in [6.07, 6.45) is 0.573. The first-order valence-electron chi connectivity index (χ1n) is 8.86. The van der Waals surface area contributed by atoms with E-state index in [1.54, 1.807) is 35.2 Å². The van der Waals surface area contributed by atoms with E-state index < -0.39 is 0 Å². The molecule has 0 unspecified atom stereocenters. The van der Waals surface area contributed by atoms with Crippen LogP contribution in [0.15, 0.2) is 47.0 Å². The van der Waals surface area contributed by atoms with Gasteiger partial charge in [0.05, 0.1) is 26.5 Å². The van der Waals surface area contributed by atoms with E-state index in [-0.39, 0.29) is 11.7 Å². The molecule has 1 aliphatic heterocycles. The van der Waals surface area contributed by atoms with E-state index in [0.717, 1.165) is 16.8 Å². The maximum Gasteiger partial charge on any atom is 0.261 e. The summed E-state index contributed by atoms with van der Waals surface area (Å²) in [6.45, 7) is 0.841. The molecule has 1 amide bonds. The smallest absolute Gasteiger partial charge is 0.261 e. The van der Waals surface area contributed by atoms with Crippen LogP contribution in [0.2, 0.25) is 0 Å². The molecule has 0 bridgehead atoms. The number of methoxy groups -OCH3 is 2. The maximum atomic E-state index is 13.2. The molecule has 0 atom stereocenters. The van der Waals surface area contributed by atoms with Crippen LogP contribution in [-0.2, 0) is 13.0 Å². The lowest BCUT2D eigenvalue weighted by molar-refractivity contribution is 0.0727. The first-order chi connectivity index (χ1) is 13.6. The Morgan fingerprint density at radius 2 is 1.79 bits per heavy atom. The first-order valence-corrected chi connectivity index (χ1v) is 8.86. The number of aromatic nitrogens is 1. The second kappa shape index (κ2) is 7.34. The SMILES string of the molecule is COc1cccc(OC)c1C(=O)N1CCc2noc(-c3ccc(F)cc3)c2C1. The summed E-state index contributed by atoms with van der Waals surface area (Å²) in [6, 6.07) is 11.3. The number of ether oxygens (including phenoxy) is 2. The monoisotopic (exact) mass is 382 g/mol. The Hall–Kier alpha value is -3.35. The zero-order chi connectivity index (χ0) is 19.7. The van der Waals surface area contributed by atoms with Crippen LogP contribution in [0.4, 0.5) is 4.39 Å². The Kier molecular flexibility index (Phi) is 4.73. The minimum atomic E-state index is -0.322. The number of hydrogen-bond donors (Lipinski definition) is 0. The zero-order valence-electron chi connectivity index (χ0n) is 15.6. The Morgan fingerprint density at radius 3 is 2.43 bits per heavy atom. The molecule has 2 heterocycles. The highest BCUT2D eigenvalue weighted by molar-refractivity contribution is 6.00. The highest BCUT2D eigenvalue weighted by atomic mass is 19.1. The summed E-state index contributed by atoms with van der Waals surface area (Å²) >= 11 is 0. The van der Waals surface area contributed by atoms with E-state index in [0.29, 0.717) is 42.3 Å². The highest BCUT2D eigenvalue weighted by Gasteiger charge is 2.30. The van der Waals surface area contributed by atoms with Gasteiger partial charge < -0.3 is 18.9 Å². The molecule has 7 heteroatoms. The van der Waals surface area contributed by atoms with E-state index in [1.807, 2.05) is 0 Å². The standard InChI is InChI=1S/C21H19FN2O4/c1-26-17-4-3-5-18(27-2)19(17)21(25)24-11-10-16-15(12-24)20(28-23-16)13-6-8-14(22)9-7-13/h3-9H,10-12H2,1-2H3. The molecule has 0 fully saturated rings. The molecular weight excluding hydrogens is 363 g/mol. The van der Waals surface area contributed by atoms with Gasteiger partial charge in [0.2, 0.25) is 0 Å². The number of carbonyl (C=O) groups excluding carboxylic acids is 1. The number of fused-ring (bicyclic) bond motifs is 1. The van der Waals surface area contributed by atoms with Crippen molar-refractivity contribution in [1.82, 2.24) is 10.1 Å². The Morgan fingerprint density at radius 1 is 1.11 bits per heavy atom. The van der Waals surface area contributed by atoms with Crippen molar-refractivity contribution in [3.05, 3.63) is 65.1 Å². The van der Waals surface area contributed by atoms with Crippen LogP contribution >= 0.6 is 0 Å². The summed E-state index contributed by atoms with van der Waals surface area (Å²) < 4.78 is 29.5. The normalized spacial score (nSPS) is 13.2. The quantitative estimate of drug-likeness (QED) is 0.689. The van der Waals surface area contributed by atoms with E-state index in [1.165, 1.54) is 26.4 Å². The second-order valence-corrected chi connectivity index (χ2v) is 6.46. The zero-order valence-corrected chi connectivity index (χ0v) is 15.6. The van der Waals surface area contributed by atoms with E-state index in [9.17, 15) is 9.18 Å². The fourth-order valence-electron chi connectivity index (χ4n) is 3.43. The van der Waals surface area contributed by atoms with Gasteiger partial charge >= 0.3 is 0 Å². The second-order valence-electron chi connectivity index (χ2n) is 6.46. The van der Waals surface area contributed by atoms with E-state index >= 15 is 0 Å². The van der Waals surface area contributed by atoms with Gasteiger partial charge in [0.15, 0.2) is 5.76 Å². The van der Waals surface area contributed by atoms with Gasteiger partial charge in [0.1, 0.15) is 22.9 Å². The van der Waals surface area contributed by atoms with Crippen molar-refractivity contribution < 1.29 is 23.2 Å². The van der Waals surface area contributed by atoms with Crippen LogP contribution in [0.25, 0.3) is 11.3 Å². The molecule has 144 valence electrons. The van der Waals surface area contributed by atoms with Crippen LogP contribution in [0, 0.1) is 5.82 Å². The van der Waals surface area contributed by atoms with Crippen molar-refractivity contribution >= 4 is 5.91 Å². The van der Waals surface area contributed by atoms with Crippen molar-refractivity contribution in [3.63, 3.8) is 0 Å². The lowest BCUT2D eigenvalue weighted by atomic mass is 10.0. The maximum absolute atomic E-state index is 13.2. The van der Waals surface area contributed by atoms with Crippen LogP contribution in [0.1, 0.15) is 21.6 Å². The van der Waals surface area contributed by atoms with Gasteiger partial charge in [-0.25, -0.2) is 4.39 Å². The summed E-state index contributed by atoms with van der Waals surface area (Å²) in [5.41, 5.74) is 2.76. The highest BCUT2D eigenvalue weighted by Crippen LogP contribution is 2.34. The Bertz CT molecular complexity index is 991. The summed E-state index contributed by atoms with van der Waals surface area (Å²) in [5.74, 6) is 0.960. The topological polar surface area (TPSA) is 64.8 Å². The summed E-state index contributed by atoms with van der Waals surface area (Å²) in [4.78, 5) is 15.0. The largest absolute Gasteiger partial charge is 0.496 e. The van der Waals surface area contributed by atoms with Crippen LogP contribution < -0.4 is 9.47 Å². The molecule has 0 saturated heterocycles. The number of carbonyl (C=O) groups is 1. The summed E-state index contributed by atoms with van der Waals surface area (Å²) in [5, 5.41) is 4.13. The first kappa shape index (κ1) is 18.0. The lowest BCUT2D eigenvalue weighted by Crippen LogP contribution is -2.36. The fraction of sp³-hybridized carbons (Fsp3) is 0.238. The van der Waals surface area contributed by atoms with Gasteiger partial charge in [0, 0.05) is 24.1 Å². The molecule has 0 saturated carbocycles. The van der Waals surface area contributed by atoms with Crippen LogP contribution in [0.5, 0.6) is 11.5 Å². The van der Waals surface area contributed by atoms with Gasteiger partial charge in [-0.15, -0.1) is 0 Å². The van der Waals surface area contributed by atoms with Gasteiger partial charge in [-0.1, -0.05) is 11.2 Å². The van der Waals surface area contributed by atoms with Crippen molar-refractivity contribution in [2.75, 3.05) is 20.8 Å². The van der Waals surface area contributed by atoms with Crippen LogP contribution in [0.3, 0.4) is 0 Å². The number of hydrogen-bond acceptors (Lipinski definition) is 5.